The molecule has 2 amide bonds. The average molecular weight is 384 g/mol. The summed E-state index contributed by atoms with van der Waals surface area (Å²) >= 11 is 0. The van der Waals surface area contributed by atoms with E-state index in [9.17, 15) is 9.59 Å². The molecule has 2 rings (SSSR count). The Morgan fingerprint density at radius 2 is 1.68 bits per heavy atom. The second kappa shape index (κ2) is 9.78. The highest BCUT2D eigenvalue weighted by molar-refractivity contribution is 5.79. The van der Waals surface area contributed by atoms with Crippen molar-refractivity contribution in [2.24, 2.45) is 0 Å². The van der Waals surface area contributed by atoms with E-state index >= 15 is 0 Å². The molecular weight excluding hydrogens is 356 g/mol. The Bertz CT molecular complexity index is 818. The fraction of sp³-hybridized carbons (Fsp3) is 0.364. The van der Waals surface area contributed by atoms with Crippen LogP contribution in [0.4, 0.5) is 0 Å². The zero-order valence-corrected chi connectivity index (χ0v) is 17.0. The van der Waals surface area contributed by atoms with E-state index in [1.54, 1.807) is 20.3 Å². The van der Waals surface area contributed by atoms with Crippen LogP contribution in [0.2, 0.25) is 0 Å². The van der Waals surface area contributed by atoms with Gasteiger partial charge >= 0.3 is 0 Å². The van der Waals surface area contributed by atoms with Crippen molar-refractivity contribution in [1.82, 2.24) is 10.6 Å². The summed E-state index contributed by atoms with van der Waals surface area (Å²) in [6, 6.07) is 12.6. The van der Waals surface area contributed by atoms with Gasteiger partial charge in [0, 0.05) is 18.6 Å². The van der Waals surface area contributed by atoms with Gasteiger partial charge in [-0.2, -0.15) is 0 Å². The minimum Gasteiger partial charge on any atom is -0.497 e. The van der Waals surface area contributed by atoms with Crippen molar-refractivity contribution in [3.63, 3.8) is 0 Å². The quantitative estimate of drug-likeness (QED) is 0.731. The third-order valence-corrected chi connectivity index (χ3v) is 4.53. The van der Waals surface area contributed by atoms with Crippen molar-refractivity contribution in [2.45, 2.75) is 39.3 Å². The summed E-state index contributed by atoms with van der Waals surface area (Å²) in [5, 5.41) is 5.84. The molecule has 0 heterocycles. The lowest BCUT2D eigenvalue weighted by molar-refractivity contribution is -0.123. The zero-order valence-electron chi connectivity index (χ0n) is 17.0. The van der Waals surface area contributed by atoms with E-state index in [1.165, 1.54) is 6.92 Å². The normalized spacial score (nSPS) is 12.6. The van der Waals surface area contributed by atoms with Gasteiger partial charge in [-0.25, -0.2) is 0 Å². The molecule has 0 aliphatic carbocycles. The molecule has 28 heavy (non-hydrogen) atoms. The molecule has 2 atom stereocenters. The standard InChI is InChI=1S/C22H28N2O4/c1-14-6-8-17(9-7-14)20(24-16(3)25)13-22(26)23-15(2)19-11-10-18(27-4)12-21(19)28-5/h6-12,15,20H,13H2,1-5H3,(H,23,26)(H,24,25). The predicted molar refractivity (Wildman–Crippen MR) is 108 cm³/mol. The van der Waals surface area contributed by atoms with Crippen LogP contribution in [0.5, 0.6) is 11.5 Å². The maximum Gasteiger partial charge on any atom is 0.222 e. The summed E-state index contributed by atoms with van der Waals surface area (Å²) in [4.78, 5) is 24.2. The molecule has 0 aliphatic rings. The van der Waals surface area contributed by atoms with Gasteiger partial charge in [0.15, 0.2) is 0 Å². The highest BCUT2D eigenvalue weighted by Crippen LogP contribution is 2.29. The third-order valence-electron chi connectivity index (χ3n) is 4.53. The van der Waals surface area contributed by atoms with Crippen LogP contribution in [-0.2, 0) is 9.59 Å². The number of carbonyl (C=O) groups is 2. The van der Waals surface area contributed by atoms with E-state index in [2.05, 4.69) is 10.6 Å². The van der Waals surface area contributed by atoms with Gasteiger partial charge in [0.1, 0.15) is 11.5 Å². The first kappa shape index (κ1) is 21.3. The topological polar surface area (TPSA) is 76.7 Å². The molecule has 0 bridgehead atoms. The molecule has 0 fully saturated rings. The first-order valence-corrected chi connectivity index (χ1v) is 9.19. The van der Waals surface area contributed by atoms with Gasteiger partial charge in [-0.3, -0.25) is 9.59 Å². The Kier molecular flexibility index (Phi) is 7.44. The minimum atomic E-state index is -0.386. The fourth-order valence-corrected chi connectivity index (χ4v) is 3.04. The van der Waals surface area contributed by atoms with Crippen LogP contribution in [-0.4, -0.2) is 26.0 Å². The number of rotatable bonds is 8. The molecule has 2 aromatic carbocycles. The molecule has 2 aromatic rings. The minimum absolute atomic E-state index is 0.144. The zero-order chi connectivity index (χ0) is 20.7. The third kappa shape index (κ3) is 5.74. The van der Waals surface area contributed by atoms with Gasteiger partial charge < -0.3 is 20.1 Å². The lowest BCUT2D eigenvalue weighted by atomic mass is 10.0. The molecule has 150 valence electrons. The van der Waals surface area contributed by atoms with Gasteiger partial charge in [0.05, 0.1) is 32.7 Å². The number of nitrogens with one attached hydrogen (secondary N) is 2. The van der Waals surface area contributed by atoms with Crippen LogP contribution in [0, 0.1) is 6.92 Å². The SMILES string of the molecule is COc1ccc(C(C)NC(=O)CC(NC(C)=O)c2ccc(C)cc2)c(OC)c1. The summed E-state index contributed by atoms with van der Waals surface area (Å²) in [5.74, 6) is 0.987. The molecule has 0 saturated carbocycles. The van der Waals surface area contributed by atoms with E-state index in [4.69, 9.17) is 9.47 Å². The highest BCUT2D eigenvalue weighted by Gasteiger charge is 2.20. The summed E-state index contributed by atoms with van der Waals surface area (Å²) in [7, 11) is 3.17. The summed E-state index contributed by atoms with van der Waals surface area (Å²) in [6.45, 7) is 5.33. The van der Waals surface area contributed by atoms with Crippen molar-refractivity contribution in [3.8, 4) is 11.5 Å². The molecule has 2 unspecified atom stereocenters. The highest BCUT2D eigenvalue weighted by atomic mass is 16.5. The molecule has 2 N–H and O–H groups in total. The van der Waals surface area contributed by atoms with Crippen LogP contribution >= 0.6 is 0 Å². The van der Waals surface area contributed by atoms with Crippen LogP contribution in [0.25, 0.3) is 0 Å². The molecule has 0 radical (unpaired) electrons. The molecular formula is C22H28N2O4. The fourth-order valence-electron chi connectivity index (χ4n) is 3.04. The van der Waals surface area contributed by atoms with Crippen LogP contribution < -0.4 is 20.1 Å². The Morgan fingerprint density at radius 3 is 2.25 bits per heavy atom. The monoisotopic (exact) mass is 384 g/mol. The maximum atomic E-state index is 12.7. The molecule has 0 spiro atoms. The number of amides is 2. The van der Waals surface area contributed by atoms with Crippen molar-refractivity contribution in [1.29, 1.82) is 0 Å². The molecule has 6 heteroatoms. The first-order valence-electron chi connectivity index (χ1n) is 9.19. The van der Waals surface area contributed by atoms with Gasteiger partial charge in [0.25, 0.3) is 0 Å². The maximum absolute atomic E-state index is 12.7. The van der Waals surface area contributed by atoms with Crippen LogP contribution in [0.3, 0.4) is 0 Å². The predicted octanol–water partition coefficient (Wildman–Crippen LogP) is 3.46. The van der Waals surface area contributed by atoms with Gasteiger partial charge in [-0.15, -0.1) is 0 Å². The summed E-state index contributed by atoms with van der Waals surface area (Å²) in [6.07, 6.45) is 0.144. The molecule has 0 saturated heterocycles. The van der Waals surface area contributed by atoms with Crippen LogP contribution in [0.1, 0.15) is 49.0 Å². The molecule has 6 nitrogen and oxygen atoms in total. The van der Waals surface area contributed by atoms with Gasteiger partial charge in [-0.05, 0) is 31.5 Å². The summed E-state index contributed by atoms with van der Waals surface area (Å²) in [5.41, 5.74) is 2.86. The van der Waals surface area contributed by atoms with E-state index < -0.39 is 0 Å². The Labute approximate surface area is 166 Å². The van der Waals surface area contributed by atoms with Crippen molar-refractivity contribution < 1.29 is 19.1 Å². The second-order valence-corrected chi connectivity index (χ2v) is 6.76. The number of aryl methyl sites for hydroxylation is 1. The lowest BCUT2D eigenvalue weighted by Crippen LogP contribution is -2.33. The Hall–Kier alpha value is -3.02. The van der Waals surface area contributed by atoms with Crippen molar-refractivity contribution in [2.75, 3.05) is 14.2 Å². The average Bonchev–Trinajstić information content (AvgIpc) is 2.67. The van der Waals surface area contributed by atoms with Gasteiger partial charge in [-0.1, -0.05) is 29.8 Å². The smallest absolute Gasteiger partial charge is 0.222 e. The number of hydrogen-bond donors (Lipinski definition) is 2. The Balaban J connectivity index is 2.11. The number of benzene rings is 2. The van der Waals surface area contributed by atoms with Crippen LogP contribution in [0.15, 0.2) is 42.5 Å². The van der Waals surface area contributed by atoms with Crippen molar-refractivity contribution in [3.05, 3.63) is 59.2 Å². The first-order chi connectivity index (χ1) is 13.3. The van der Waals surface area contributed by atoms with Crippen molar-refractivity contribution >= 4 is 11.8 Å². The van der Waals surface area contributed by atoms with E-state index in [0.717, 1.165) is 16.7 Å². The molecule has 0 aliphatic heterocycles. The summed E-state index contributed by atoms with van der Waals surface area (Å²) < 4.78 is 10.6. The van der Waals surface area contributed by atoms with Gasteiger partial charge in [0.2, 0.25) is 11.8 Å². The molecule has 0 aromatic heterocycles. The number of hydrogen-bond acceptors (Lipinski definition) is 4. The van der Waals surface area contributed by atoms with E-state index in [1.807, 2.05) is 50.2 Å². The lowest BCUT2D eigenvalue weighted by Gasteiger charge is -2.21. The second-order valence-electron chi connectivity index (χ2n) is 6.76. The number of ether oxygens (including phenoxy) is 2. The number of carbonyl (C=O) groups excluding carboxylic acids is 2. The Morgan fingerprint density at radius 1 is 1.00 bits per heavy atom. The van der Waals surface area contributed by atoms with E-state index in [0.29, 0.717) is 11.5 Å². The van der Waals surface area contributed by atoms with E-state index in [-0.39, 0.29) is 30.3 Å². The largest absolute Gasteiger partial charge is 0.497 e. The number of methoxy groups -OCH3 is 2.